The molecule has 184 valence electrons. The van der Waals surface area contributed by atoms with Gasteiger partial charge in [0.2, 0.25) is 5.91 Å². The highest BCUT2D eigenvalue weighted by atomic mass is 16.4. The van der Waals surface area contributed by atoms with E-state index < -0.39 is 11.9 Å². The van der Waals surface area contributed by atoms with Crippen molar-refractivity contribution in [2.24, 2.45) is 5.92 Å². The van der Waals surface area contributed by atoms with Gasteiger partial charge in [-0.25, -0.2) is 0 Å². The highest BCUT2D eigenvalue weighted by Crippen LogP contribution is 2.27. The third-order valence-electron chi connectivity index (χ3n) is 6.42. The number of hydrogen-bond donors (Lipinski definition) is 3. The fourth-order valence-corrected chi connectivity index (χ4v) is 4.46. The predicted molar refractivity (Wildman–Crippen MR) is 131 cm³/mol. The molecule has 0 spiro atoms. The van der Waals surface area contributed by atoms with Crippen LogP contribution < -0.4 is 16.0 Å². The molecule has 2 heterocycles. The van der Waals surface area contributed by atoms with Crippen LogP contribution in [-0.4, -0.2) is 30.8 Å². The minimum Gasteiger partial charge on any atom is -0.456 e. The number of furan rings is 2. The lowest BCUT2D eigenvalue weighted by Crippen LogP contribution is -2.50. The number of nitrogens with one attached hydrogen (secondary N) is 3. The first-order valence-corrected chi connectivity index (χ1v) is 12.0. The maximum atomic E-state index is 12.9. The Kier molecular flexibility index (Phi) is 7.70. The van der Waals surface area contributed by atoms with E-state index in [4.69, 9.17) is 8.83 Å². The van der Waals surface area contributed by atoms with Crippen LogP contribution >= 0.6 is 0 Å². The first kappa shape index (κ1) is 24.3. The van der Waals surface area contributed by atoms with Gasteiger partial charge in [-0.1, -0.05) is 43.5 Å². The Balaban J connectivity index is 1.37. The van der Waals surface area contributed by atoms with Crippen LogP contribution in [0.4, 0.5) is 0 Å². The first-order valence-electron chi connectivity index (χ1n) is 12.0. The molecule has 0 unspecified atom stereocenters. The minimum absolute atomic E-state index is 0.131. The summed E-state index contributed by atoms with van der Waals surface area (Å²) < 4.78 is 11.1. The molecule has 0 radical (unpaired) electrons. The normalized spacial score (nSPS) is 14.8. The quantitative estimate of drug-likeness (QED) is 0.450. The summed E-state index contributed by atoms with van der Waals surface area (Å²) in [6.45, 7) is 2.14. The number of hydrogen-bond acceptors (Lipinski definition) is 5. The third kappa shape index (κ3) is 6.01. The van der Waals surface area contributed by atoms with Crippen LogP contribution in [0.1, 0.15) is 64.5 Å². The fourth-order valence-electron chi connectivity index (χ4n) is 4.46. The van der Waals surface area contributed by atoms with E-state index in [0.29, 0.717) is 18.1 Å². The second-order valence-corrected chi connectivity index (χ2v) is 8.92. The molecule has 8 nitrogen and oxygen atoms in total. The lowest BCUT2D eigenvalue weighted by Gasteiger charge is -2.29. The van der Waals surface area contributed by atoms with Gasteiger partial charge in [-0.3, -0.25) is 14.4 Å². The zero-order valence-corrected chi connectivity index (χ0v) is 20.1. The molecule has 1 saturated carbocycles. The van der Waals surface area contributed by atoms with Crippen molar-refractivity contribution < 1.29 is 23.2 Å². The summed E-state index contributed by atoms with van der Waals surface area (Å²) in [6.07, 6.45) is 5.16. The number of aryl methyl sites for hydroxylation is 1. The van der Waals surface area contributed by atoms with E-state index in [1.807, 2.05) is 24.3 Å². The van der Waals surface area contributed by atoms with Crippen LogP contribution in [0.2, 0.25) is 0 Å². The Morgan fingerprint density at radius 1 is 0.886 bits per heavy atom. The van der Waals surface area contributed by atoms with Gasteiger partial charge in [0.15, 0.2) is 11.5 Å². The molecule has 2 aromatic heterocycles. The van der Waals surface area contributed by atoms with Gasteiger partial charge in [0.1, 0.15) is 17.6 Å². The summed E-state index contributed by atoms with van der Waals surface area (Å²) >= 11 is 0. The van der Waals surface area contributed by atoms with E-state index in [-0.39, 0.29) is 29.3 Å². The highest BCUT2D eigenvalue weighted by molar-refractivity contribution is 5.96. The molecular formula is C27H31N3O5. The van der Waals surface area contributed by atoms with E-state index in [2.05, 4.69) is 16.0 Å². The number of rotatable bonds is 8. The van der Waals surface area contributed by atoms with E-state index in [0.717, 1.165) is 36.8 Å². The van der Waals surface area contributed by atoms with Crippen LogP contribution in [0.5, 0.6) is 0 Å². The van der Waals surface area contributed by atoms with Gasteiger partial charge >= 0.3 is 0 Å². The Morgan fingerprint density at radius 3 is 2.23 bits per heavy atom. The highest BCUT2D eigenvalue weighted by Gasteiger charge is 2.31. The maximum Gasteiger partial charge on any atom is 0.287 e. The van der Waals surface area contributed by atoms with Crippen LogP contribution in [0.25, 0.3) is 11.3 Å². The molecule has 3 aromatic rings. The molecule has 1 aliphatic carbocycles. The summed E-state index contributed by atoms with van der Waals surface area (Å²) in [5, 5.41) is 8.37. The second kappa shape index (κ2) is 11.1. The van der Waals surface area contributed by atoms with Gasteiger partial charge < -0.3 is 24.8 Å². The van der Waals surface area contributed by atoms with E-state index >= 15 is 0 Å². The summed E-state index contributed by atoms with van der Waals surface area (Å²) in [7, 11) is 1.59. The SMILES string of the molecule is CNC(=O)[C@@H](NC(=O)c1ccc(-c2ccc(CNC(=O)c3ccc(C)o3)cc2)o1)C1CCCCC1. The number of amides is 3. The summed E-state index contributed by atoms with van der Waals surface area (Å²) in [4.78, 5) is 37.4. The van der Waals surface area contributed by atoms with E-state index in [1.54, 1.807) is 38.2 Å². The Bertz CT molecular complexity index is 1170. The van der Waals surface area contributed by atoms with Crippen molar-refractivity contribution in [3.8, 4) is 11.3 Å². The average Bonchev–Trinajstić information content (AvgIpc) is 3.56. The molecule has 4 rings (SSSR count). The molecule has 1 aromatic carbocycles. The van der Waals surface area contributed by atoms with Gasteiger partial charge in [0.25, 0.3) is 11.8 Å². The molecule has 1 fully saturated rings. The van der Waals surface area contributed by atoms with Crippen LogP contribution in [0.15, 0.2) is 57.4 Å². The monoisotopic (exact) mass is 477 g/mol. The second-order valence-electron chi connectivity index (χ2n) is 8.92. The van der Waals surface area contributed by atoms with Crippen molar-refractivity contribution in [3.05, 3.63) is 71.4 Å². The van der Waals surface area contributed by atoms with Crippen molar-refractivity contribution in [1.29, 1.82) is 0 Å². The third-order valence-corrected chi connectivity index (χ3v) is 6.42. The molecule has 1 aliphatic rings. The van der Waals surface area contributed by atoms with Gasteiger partial charge in [-0.2, -0.15) is 0 Å². The number of carbonyl (C=O) groups is 3. The Morgan fingerprint density at radius 2 is 1.57 bits per heavy atom. The molecule has 0 bridgehead atoms. The predicted octanol–water partition coefficient (Wildman–Crippen LogP) is 4.20. The number of carbonyl (C=O) groups excluding carboxylic acids is 3. The van der Waals surface area contributed by atoms with Crippen LogP contribution in [-0.2, 0) is 11.3 Å². The first-order chi connectivity index (χ1) is 16.9. The van der Waals surface area contributed by atoms with Crippen LogP contribution in [0.3, 0.4) is 0 Å². The smallest absolute Gasteiger partial charge is 0.287 e. The van der Waals surface area contributed by atoms with Crippen molar-refractivity contribution in [1.82, 2.24) is 16.0 Å². The average molecular weight is 478 g/mol. The fraction of sp³-hybridized carbons (Fsp3) is 0.370. The Hall–Kier alpha value is -3.81. The maximum absolute atomic E-state index is 12.9. The topological polar surface area (TPSA) is 114 Å². The Labute approximate surface area is 204 Å². The summed E-state index contributed by atoms with van der Waals surface area (Å²) in [5.74, 6) is 0.955. The lowest BCUT2D eigenvalue weighted by molar-refractivity contribution is -0.124. The molecule has 3 amide bonds. The molecule has 0 aliphatic heterocycles. The summed E-state index contributed by atoms with van der Waals surface area (Å²) in [6, 6.07) is 13.7. The molecule has 35 heavy (non-hydrogen) atoms. The standard InChI is InChI=1S/C27H31N3O5/c1-17-8-13-22(34-17)25(31)29-16-18-9-11-19(12-10-18)21-14-15-23(35-21)26(32)30-24(27(33)28-2)20-6-4-3-5-7-20/h8-15,20,24H,3-7,16H2,1-2H3,(H,28,33)(H,29,31)(H,30,32)/t24-/m0/s1. The van der Waals surface area contributed by atoms with E-state index in [1.165, 1.54) is 6.42 Å². The zero-order valence-electron chi connectivity index (χ0n) is 20.1. The van der Waals surface area contributed by atoms with Gasteiger partial charge in [-0.05, 0) is 55.5 Å². The lowest BCUT2D eigenvalue weighted by atomic mass is 9.83. The number of benzene rings is 1. The molecule has 8 heteroatoms. The van der Waals surface area contributed by atoms with Crippen molar-refractivity contribution in [2.75, 3.05) is 7.05 Å². The van der Waals surface area contributed by atoms with Gasteiger partial charge in [-0.15, -0.1) is 0 Å². The van der Waals surface area contributed by atoms with Crippen LogP contribution in [0, 0.1) is 12.8 Å². The van der Waals surface area contributed by atoms with E-state index in [9.17, 15) is 14.4 Å². The molecule has 3 N–H and O–H groups in total. The molecular weight excluding hydrogens is 446 g/mol. The zero-order chi connectivity index (χ0) is 24.8. The number of likely N-dealkylation sites (N-methyl/N-ethyl adjacent to an activating group) is 1. The minimum atomic E-state index is -0.569. The van der Waals surface area contributed by atoms with Crippen molar-refractivity contribution >= 4 is 17.7 Å². The summed E-state index contributed by atoms with van der Waals surface area (Å²) in [5.41, 5.74) is 1.71. The van der Waals surface area contributed by atoms with Crippen molar-refractivity contribution in [2.45, 2.75) is 51.6 Å². The largest absolute Gasteiger partial charge is 0.456 e. The molecule has 0 saturated heterocycles. The van der Waals surface area contributed by atoms with Gasteiger partial charge in [0.05, 0.1) is 0 Å². The van der Waals surface area contributed by atoms with Crippen molar-refractivity contribution in [3.63, 3.8) is 0 Å². The molecule has 1 atom stereocenters. The van der Waals surface area contributed by atoms with Gasteiger partial charge in [0, 0.05) is 19.2 Å².